The third kappa shape index (κ3) is 1.57. The summed E-state index contributed by atoms with van der Waals surface area (Å²) in [6, 6.07) is 2.62. The lowest BCUT2D eigenvalue weighted by Gasteiger charge is -2.28. The van der Waals surface area contributed by atoms with Gasteiger partial charge in [-0.25, -0.2) is 8.78 Å². The molecule has 1 aromatic carbocycles. The first kappa shape index (κ1) is 9.40. The van der Waals surface area contributed by atoms with Crippen molar-refractivity contribution in [2.75, 3.05) is 13.1 Å². The second kappa shape index (κ2) is 3.53. The predicted octanol–water partition coefficient (Wildman–Crippen LogP) is 1.62. The molecule has 0 amide bonds. The zero-order valence-electron chi connectivity index (χ0n) is 7.81. The number of ether oxygens (including phenoxy) is 1. The number of halogens is 2. The van der Waals surface area contributed by atoms with Crippen LogP contribution < -0.4 is 10.1 Å². The summed E-state index contributed by atoms with van der Waals surface area (Å²) < 4.78 is 31.7. The number of benzene rings is 1. The van der Waals surface area contributed by atoms with Crippen molar-refractivity contribution >= 4 is 0 Å². The van der Waals surface area contributed by atoms with Gasteiger partial charge in [-0.05, 0) is 18.6 Å². The average molecular weight is 199 g/mol. The molecule has 1 aliphatic heterocycles. The van der Waals surface area contributed by atoms with Crippen LogP contribution in [0.1, 0.15) is 5.56 Å². The van der Waals surface area contributed by atoms with Crippen LogP contribution in [0.5, 0.6) is 5.75 Å². The third-order valence-electron chi connectivity index (χ3n) is 2.27. The first-order valence-electron chi connectivity index (χ1n) is 4.50. The number of aryl methyl sites for hydroxylation is 1. The zero-order chi connectivity index (χ0) is 10.1. The van der Waals surface area contributed by atoms with E-state index in [0.29, 0.717) is 18.7 Å². The normalized spacial score (nSPS) is 16.5. The highest BCUT2D eigenvalue weighted by Crippen LogP contribution is 2.25. The lowest BCUT2D eigenvalue weighted by molar-refractivity contribution is 0.130. The summed E-state index contributed by atoms with van der Waals surface area (Å²) in [6.07, 6.45) is -0.110. The van der Waals surface area contributed by atoms with Crippen molar-refractivity contribution in [2.24, 2.45) is 0 Å². The minimum absolute atomic E-state index is 0.110. The molecule has 0 aromatic heterocycles. The van der Waals surface area contributed by atoms with Crippen LogP contribution >= 0.6 is 0 Å². The van der Waals surface area contributed by atoms with Crippen molar-refractivity contribution in [3.8, 4) is 5.75 Å². The molecule has 1 fully saturated rings. The molecule has 1 N–H and O–H groups in total. The standard InChI is InChI=1S/C10H11F2NO/c1-6-2-3-8(11)10(9(6)12)14-7-4-13-5-7/h2-3,7,13H,4-5H2,1H3. The second-order valence-electron chi connectivity index (χ2n) is 3.41. The topological polar surface area (TPSA) is 21.3 Å². The van der Waals surface area contributed by atoms with Gasteiger partial charge in [0.15, 0.2) is 17.4 Å². The van der Waals surface area contributed by atoms with Crippen LogP contribution in [-0.4, -0.2) is 19.2 Å². The van der Waals surface area contributed by atoms with Gasteiger partial charge in [0, 0.05) is 13.1 Å². The van der Waals surface area contributed by atoms with Crippen LogP contribution in [0.25, 0.3) is 0 Å². The summed E-state index contributed by atoms with van der Waals surface area (Å²) in [6.45, 7) is 2.88. The van der Waals surface area contributed by atoms with E-state index in [1.54, 1.807) is 6.92 Å². The molecule has 0 saturated carbocycles. The summed E-state index contributed by atoms with van der Waals surface area (Å²) in [5, 5.41) is 2.97. The fourth-order valence-electron chi connectivity index (χ4n) is 1.25. The van der Waals surface area contributed by atoms with Crippen molar-refractivity contribution in [3.63, 3.8) is 0 Å². The Hall–Kier alpha value is -1.16. The Bertz CT molecular complexity index is 350. The van der Waals surface area contributed by atoms with Crippen LogP contribution in [0.15, 0.2) is 12.1 Å². The molecule has 1 aromatic rings. The van der Waals surface area contributed by atoms with E-state index in [4.69, 9.17) is 4.74 Å². The first-order valence-corrected chi connectivity index (χ1v) is 4.50. The maximum atomic E-state index is 13.4. The van der Waals surface area contributed by atoms with Gasteiger partial charge in [-0.3, -0.25) is 0 Å². The van der Waals surface area contributed by atoms with Gasteiger partial charge in [-0.15, -0.1) is 0 Å². The fourth-order valence-corrected chi connectivity index (χ4v) is 1.25. The molecule has 1 saturated heterocycles. The van der Waals surface area contributed by atoms with Crippen molar-refractivity contribution in [1.82, 2.24) is 5.32 Å². The van der Waals surface area contributed by atoms with Crippen molar-refractivity contribution in [3.05, 3.63) is 29.3 Å². The molecule has 0 aliphatic carbocycles. The van der Waals surface area contributed by atoms with Gasteiger partial charge < -0.3 is 10.1 Å². The highest BCUT2D eigenvalue weighted by atomic mass is 19.1. The zero-order valence-corrected chi connectivity index (χ0v) is 7.81. The first-order chi connectivity index (χ1) is 6.68. The summed E-state index contributed by atoms with van der Waals surface area (Å²) in [4.78, 5) is 0. The molecular weight excluding hydrogens is 188 g/mol. The molecule has 2 nitrogen and oxygen atoms in total. The van der Waals surface area contributed by atoms with Crippen molar-refractivity contribution in [1.29, 1.82) is 0 Å². The van der Waals surface area contributed by atoms with E-state index < -0.39 is 11.6 Å². The second-order valence-corrected chi connectivity index (χ2v) is 3.41. The molecule has 0 radical (unpaired) electrons. The third-order valence-corrected chi connectivity index (χ3v) is 2.27. The van der Waals surface area contributed by atoms with E-state index in [2.05, 4.69) is 5.32 Å². The molecule has 0 bridgehead atoms. The number of hydrogen-bond acceptors (Lipinski definition) is 2. The Labute approximate surface area is 80.9 Å². The van der Waals surface area contributed by atoms with Gasteiger partial charge in [0.2, 0.25) is 0 Å². The number of rotatable bonds is 2. The van der Waals surface area contributed by atoms with E-state index in [1.165, 1.54) is 12.1 Å². The SMILES string of the molecule is Cc1ccc(F)c(OC2CNC2)c1F. The molecule has 0 unspecified atom stereocenters. The molecule has 76 valence electrons. The van der Waals surface area contributed by atoms with Crippen LogP contribution in [0, 0.1) is 18.6 Å². The molecule has 2 rings (SSSR count). The minimum atomic E-state index is -0.639. The maximum absolute atomic E-state index is 13.4. The van der Waals surface area contributed by atoms with Gasteiger partial charge in [0.05, 0.1) is 0 Å². The number of nitrogens with one attached hydrogen (secondary N) is 1. The fraction of sp³-hybridized carbons (Fsp3) is 0.400. The van der Waals surface area contributed by atoms with E-state index in [0.717, 1.165) is 0 Å². The average Bonchev–Trinajstić information content (AvgIpc) is 2.09. The van der Waals surface area contributed by atoms with Gasteiger partial charge in [-0.2, -0.15) is 0 Å². The lowest BCUT2D eigenvalue weighted by atomic mass is 10.2. The Morgan fingerprint density at radius 1 is 1.36 bits per heavy atom. The van der Waals surface area contributed by atoms with Gasteiger partial charge in [-0.1, -0.05) is 6.07 Å². The van der Waals surface area contributed by atoms with Crippen LogP contribution in [-0.2, 0) is 0 Å². The van der Waals surface area contributed by atoms with Crippen molar-refractivity contribution in [2.45, 2.75) is 13.0 Å². The smallest absolute Gasteiger partial charge is 0.191 e. The Kier molecular flexibility index (Phi) is 2.37. The van der Waals surface area contributed by atoms with Crippen LogP contribution in [0.4, 0.5) is 8.78 Å². The number of hydrogen-bond donors (Lipinski definition) is 1. The maximum Gasteiger partial charge on any atom is 0.191 e. The van der Waals surface area contributed by atoms with Crippen LogP contribution in [0.2, 0.25) is 0 Å². The minimum Gasteiger partial charge on any atom is -0.482 e. The van der Waals surface area contributed by atoms with E-state index in [-0.39, 0.29) is 11.9 Å². The summed E-state index contributed by atoms with van der Waals surface area (Å²) in [7, 11) is 0. The van der Waals surface area contributed by atoms with Gasteiger partial charge >= 0.3 is 0 Å². The van der Waals surface area contributed by atoms with E-state index in [1.807, 2.05) is 0 Å². The lowest BCUT2D eigenvalue weighted by Crippen LogP contribution is -2.50. The van der Waals surface area contributed by atoms with E-state index in [9.17, 15) is 8.78 Å². The summed E-state index contributed by atoms with van der Waals surface area (Å²) in [5.74, 6) is -1.49. The quantitative estimate of drug-likeness (QED) is 0.781. The Morgan fingerprint density at radius 3 is 2.64 bits per heavy atom. The van der Waals surface area contributed by atoms with Gasteiger partial charge in [0.1, 0.15) is 6.10 Å². The largest absolute Gasteiger partial charge is 0.482 e. The Balaban J connectivity index is 2.25. The molecule has 1 heterocycles. The molecule has 1 aliphatic rings. The van der Waals surface area contributed by atoms with Gasteiger partial charge in [0.25, 0.3) is 0 Å². The monoisotopic (exact) mass is 199 g/mol. The molecule has 14 heavy (non-hydrogen) atoms. The highest BCUT2D eigenvalue weighted by molar-refractivity contribution is 5.32. The van der Waals surface area contributed by atoms with E-state index >= 15 is 0 Å². The molecule has 0 atom stereocenters. The molecular formula is C10H11F2NO. The summed E-state index contributed by atoms with van der Waals surface area (Å²) >= 11 is 0. The summed E-state index contributed by atoms with van der Waals surface area (Å²) in [5.41, 5.74) is 0.397. The van der Waals surface area contributed by atoms with Crippen molar-refractivity contribution < 1.29 is 13.5 Å². The van der Waals surface area contributed by atoms with Crippen LogP contribution in [0.3, 0.4) is 0 Å². The predicted molar refractivity (Wildman–Crippen MR) is 48.4 cm³/mol. The molecule has 4 heteroatoms. The Morgan fingerprint density at radius 2 is 2.07 bits per heavy atom. The molecule has 0 spiro atoms. The highest BCUT2D eigenvalue weighted by Gasteiger charge is 2.22.